The molecule has 2 heterocycles. The van der Waals surface area contributed by atoms with Gasteiger partial charge in [-0.3, -0.25) is 14.6 Å². The van der Waals surface area contributed by atoms with E-state index in [0.717, 1.165) is 11.3 Å². The molecule has 0 saturated carbocycles. The molecule has 0 aliphatic carbocycles. The van der Waals surface area contributed by atoms with Gasteiger partial charge in [-0.1, -0.05) is 42.5 Å². The highest BCUT2D eigenvalue weighted by Crippen LogP contribution is 2.18. The Morgan fingerprint density at radius 2 is 1.58 bits per heavy atom. The molecule has 7 nitrogen and oxygen atoms in total. The van der Waals surface area contributed by atoms with Crippen LogP contribution in [0, 0.1) is 0 Å². The van der Waals surface area contributed by atoms with Crippen molar-refractivity contribution in [2.75, 3.05) is 31.1 Å². The Hall–Kier alpha value is -4.13. The number of nitrogens with one attached hydrogen (secondary N) is 1. The van der Waals surface area contributed by atoms with Crippen LogP contribution in [-0.4, -0.2) is 47.0 Å². The minimum absolute atomic E-state index is 0.00998. The third-order valence-corrected chi connectivity index (χ3v) is 5.82. The lowest BCUT2D eigenvalue weighted by atomic mass is 10.1. The van der Waals surface area contributed by atoms with E-state index < -0.39 is 0 Å². The maximum absolute atomic E-state index is 13.0. The molecule has 1 aromatic heterocycles. The van der Waals surface area contributed by atoms with Crippen LogP contribution in [0.1, 0.15) is 15.9 Å². The Morgan fingerprint density at radius 1 is 0.879 bits per heavy atom. The summed E-state index contributed by atoms with van der Waals surface area (Å²) < 4.78 is 5.81. The first-order valence-electron chi connectivity index (χ1n) is 11.0. The molecule has 166 valence electrons. The molecule has 1 aliphatic heterocycles. The highest BCUT2D eigenvalue weighted by atomic mass is 16.5. The molecule has 1 saturated heterocycles. The zero-order chi connectivity index (χ0) is 22.6. The number of rotatable bonds is 5. The first-order chi connectivity index (χ1) is 16.2. The Morgan fingerprint density at radius 3 is 2.33 bits per heavy atom. The van der Waals surface area contributed by atoms with Gasteiger partial charge in [0.1, 0.15) is 12.4 Å². The SMILES string of the molecule is O=C(c1ccc(OCc2ccccc2)cc1)N1CCN(c2nc3ccccc3c(=O)[nH]2)CC1. The number of hydrogen-bond donors (Lipinski definition) is 1. The normalized spacial score (nSPS) is 13.8. The third kappa shape index (κ3) is 4.57. The van der Waals surface area contributed by atoms with E-state index in [4.69, 9.17) is 4.74 Å². The summed E-state index contributed by atoms with van der Waals surface area (Å²) in [5, 5.41) is 0.575. The molecule has 0 bridgehead atoms. The van der Waals surface area contributed by atoms with Crippen molar-refractivity contribution in [2.24, 2.45) is 0 Å². The summed E-state index contributed by atoms with van der Waals surface area (Å²) in [5.41, 5.74) is 2.25. The van der Waals surface area contributed by atoms with Gasteiger partial charge in [-0.15, -0.1) is 0 Å². The number of amides is 1. The van der Waals surface area contributed by atoms with Crippen molar-refractivity contribution in [3.63, 3.8) is 0 Å². The summed E-state index contributed by atoms with van der Waals surface area (Å²) in [7, 11) is 0. The molecule has 7 heteroatoms. The maximum atomic E-state index is 13.0. The number of aromatic nitrogens is 2. The first kappa shape index (κ1) is 20.8. The third-order valence-electron chi connectivity index (χ3n) is 5.82. The lowest BCUT2D eigenvalue weighted by Gasteiger charge is -2.35. The molecular formula is C26H24N4O3. The number of benzene rings is 3. The lowest BCUT2D eigenvalue weighted by Crippen LogP contribution is -2.49. The second kappa shape index (κ2) is 9.16. The summed E-state index contributed by atoms with van der Waals surface area (Å²) in [6, 6.07) is 24.5. The Kier molecular flexibility index (Phi) is 5.76. The molecule has 0 spiro atoms. The number of H-pyrrole nitrogens is 1. The number of piperazine rings is 1. The molecule has 5 rings (SSSR count). The topological polar surface area (TPSA) is 78.5 Å². The minimum atomic E-state index is -0.149. The van der Waals surface area contributed by atoms with Gasteiger partial charge in [-0.25, -0.2) is 4.98 Å². The summed E-state index contributed by atoms with van der Waals surface area (Å²) >= 11 is 0. The minimum Gasteiger partial charge on any atom is -0.489 e. The van der Waals surface area contributed by atoms with Crippen molar-refractivity contribution in [1.29, 1.82) is 0 Å². The van der Waals surface area contributed by atoms with E-state index in [-0.39, 0.29) is 11.5 Å². The fraction of sp³-hybridized carbons (Fsp3) is 0.192. The molecule has 1 N–H and O–H groups in total. The van der Waals surface area contributed by atoms with Gasteiger partial charge in [0.25, 0.3) is 11.5 Å². The molecule has 0 unspecified atom stereocenters. The zero-order valence-electron chi connectivity index (χ0n) is 18.1. The first-order valence-corrected chi connectivity index (χ1v) is 11.0. The van der Waals surface area contributed by atoms with Crippen LogP contribution >= 0.6 is 0 Å². The van der Waals surface area contributed by atoms with Crippen LogP contribution in [0.15, 0.2) is 83.7 Å². The van der Waals surface area contributed by atoms with E-state index in [9.17, 15) is 9.59 Å². The van der Waals surface area contributed by atoms with E-state index in [2.05, 4.69) is 9.97 Å². The van der Waals surface area contributed by atoms with E-state index in [1.165, 1.54) is 0 Å². The molecule has 0 atom stereocenters. The number of carbonyl (C=O) groups excluding carboxylic acids is 1. The second-order valence-electron chi connectivity index (χ2n) is 7.98. The van der Waals surface area contributed by atoms with Crippen molar-refractivity contribution in [2.45, 2.75) is 6.61 Å². The van der Waals surface area contributed by atoms with Gasteiger partial charge in [-0.05, 0) is 42.0 Å². The number of hydrogen-bond acceptors (Lipinski definition) is 5. The van der Waals surface area contributed by atoms with Crippen molar-refractivity contribution in [3.8, 4) is 5.75 Å². The monoisotopic (exact) mass is 440 g/mol. The lowest BCUT2D eigenvalue weighted by molar-refractivity contribution is 0.0746. The number of aromatic amines is 1. The summed E-state index contributed by atoms with van der Waals surface area (Å²) in [6.45, 7) is 2.81. The molecular weight excluding hydrogens is 416 g/mol. The molecule has 3 aromatic carbocycles. The van der Waals surface area contributed by atoms with E-state index >= 15 is 0 Å². The average molecular weight is 441 g/mol. The largest absolute Gasteiger partial charge is 0.489 e. The van der Waals surface area contributed by atoms with Crippen LogP contribution in [-0.2, 0) is 6.61 Å². The summed E-state index contributed by atoms with van der Waals surface area (Å²) in [5.74, 6) is 1.27. The van der Waals surface area contributed by atoms with Gasteiger partial charge >= 0.3 is 0 Å². The van der Waals surface area contributed by atoms with E-state index in [0.29, 0.717) is 55.2 Å². The zero-order valence-corrected chi connectivity index (χ0v) is 18.1. The van der Waals surface area contributed by atoms with Crippen molar-refractivity contribution < 1.29 is 9.53 Å². The predicted molar refractivity (Wildman–Crippen MR) is 128 cm³/mol. The van der Waals surface area contributed by atoms with Gasteiger partial charge in [-0.2, -0.15) is 0 Å². The average Bonchev–Trinajstić information content (AvgIpc) is 2.88. The van der Waals surface area contributed by atoms with Crippen LogP contribution in [0.5, 0.6) is 5.75 Å². The Bertz CT molecular complexity index is 1310. The number of nitrogens with zero attached hydrogens (tertiary/aromatic N) is 3. The number of ether oxygens (including phenoxy) is 1. The number of para-hydroxylation sites is 1. The summed E-state index contributed by atoms with van der Waals surface area (Å²) in [4.78, 5) is 36.6. The quantitative estimate of drug-likeness (QED) is 0.514. The van der Waals surface area contributed by atoms with Crippen molar-refractivity contribution in [1.82, 2.24) is 14.9 Å². The number of carbonyl (C=O) groups is 1. The van der Waals surface area contributed by atoms with Gasteiger partial charge < -0.3 is 14.5 Å². The molecule has 1 fully saturated rings. The predicted octanol–water partition coefficient (Wildman–Crippen LogP) is 3.46. The van der Waals surface area contributed by atoms with E-state index in [1.807, 2.05) is 70.5 Å². The van der Waals surface area contributed by atoms with Crippen molar-refractivity contribution >= 4 is 22.8 Å². The Labute approximate surface area is 191 Å². The second-order valence-corrected chi connectivity index (χ2v) is 7.98. The number of anilines is 1. The standard InChI is InChI=1S/C26H24N4O3/c31-24-22-8-4-5-9-23(22)27-26(28-24)30-16-14-29(15-17-30)25(32)20-10-12-21(13-11-20)33-18-19-6-2-1-3-7-19/h1-13H,14-18H2,(H,27,28,31). The van der Waals surface area contributed by atoms with Gasteiger partial charge in [0.15, 0.2) is 0 Å². The van der Waals surface area contributed by atoms with Crippen LogP contribution in [0.3, 0.4) is 0 Å². The fourth-order valence-electron chi connectivity index (χ4n) is 3.96. The Balaban J connectivity index is 1.19. The molecule has 4 aromatic rings. The molecule has 33 heavy (non-hydrogen) atoms. The van der Waals surface area contributed by atoms with Crippen LogP contribution in [0.25, 0.3) is 10.9 Å². The van der Waals surface area contributed by atoms with Crippen LogP contribution in [0.4, 0.5) is 5.95 Å². The van der Waals surface area contributed by atoms with Crippen LogP contribution < -0.4 is 15.2 Å². The summed E-state index contributed by atoms with van der Waals surface area (Å²) in [6.07, 6.45) is 0. The van der Waals surface area contributed by atoms with E-state index in [1.54, 1.807) is 18.2 Å². The van der Waals surface area contributed by atoms with Gasteiger partial charge in [0, 0.05) is 31.7 Å². The van der Waals surface area contributed by atoms with Crippen molar-refractivity contribution in [3.05, 3.63) is 100 Å². The molecule has 1 aliphatic rings. The number of fused-ring (bicyclic) bond motifs is 1. The smallest absolute Gasteiger partial charge is 0.260 e. The molecule has 0 radical (unpaired) electrons. The highest BCUT2D eigenvalue weighted by Gasteiger charge is 2.23. The van der Waals surface area contributed by atoms with Crippen LogP contribution in [0.2, 0.25) is 0 Å². The fourth-order valence-corrected chi connectivity index (χ4v) is 3.96. The maximum Gasteiger partial charge on any atom is 0.260 e. The highest BCUT2D eigenvalue weighted by molar-refractivity contribution is 5.94. The van der Waals surface area contributed by atoms with Gasteiger partial charge in [0.2, 0.25) is 5.95 Å². The molecule has 1 amide bonds. The van der Waals surface area contributed by atoms with Gasteiger partial charge in [0.05, 0.1) is 10.9 Å².